The molecule has 1 aromatic carbocycles. The summed E-state index contributed by atoms with van der Waals surface area (Å²) in [6, 6.07) is 13.2. The van der Waals surface area contributed by atoms with Gasteiger partial charge in [0.25, 0.3) is 5.91 Å². The lowest BCUT2D eigenvalue weighted by atomic mass is 9.98. The number of rotatable bonds is 2. The molecule has 5 heteroatoms. The zero-order valence-electron chi connectivity index (χ0n) is 12.8. The molecule has 0 radical (unpaired) electrons. The van der Waals surface area contributed by atoms with E-state index in [1.165, 1.54) is 0 Å². The van der Waals surface area contributed by atoms with Gasteiger partial charge in [0, 0.05) is 30.4 Å². The van der Waals surface area contributed by atoms with Crippen LogP contribution in [0.2, 0.25) is 0 Å². The molecule has 1 aliphatic heterocycles. The van der Waals surface area contributed by atoms with Crippen LogP contribution in [0.4, 0.5) is 5.69 Å². The third-order valence-corrected chi connectivity index (χ3v) is 4.14. The number of anilines is 1. The molecule has 1 saturated heterocycles. The number of carbonyl (C=O) groups is 1. The van der Waals surface area contributed by atoms with Gasteiger partial charge in [0.05, 0.1) is 23.4 Å². The van der Waals surface area contributed by atoms with Crippen LogP contribution in [0.25, 0.3) is 11.3 Å². The number of piperidine rings is 1. The fourth-order valence-electron chi connectivity index (χ4n) is 2.88. The van der Waals surface area contributed by atoms with Crippen molar-refractivity contribution in [2.45, 2.75) is 12.8 Å². The molecule has 2 aromatic rings. The van der Waals surface area contributed by atoms with Gasteiger partial charge in [-0.2, -0.15) is 5.26 Å². The smallest absolute Gasteiger partial charge is 0.253 e. The van der Waals surface area contributed by atoms with Gasteiger partial charge >= 0.3 is 0 Å². The van der Waals surface area contributed by atoms with Gasteiger partial charge in [0.15, 0.2) is 0 Å². The molecule has 2 heterocycles. The Morgan fingerprint density at radius 1 is 1.30 bits per heavy atom. The van der Waals surface area contributed by atoms with E-state index in [0.29, 0.717) is 30.0 Å². The van der Waals surface area contributed by atoms with E-state index >= 15 is 0 Å². The molecule has 0 saturated carbocycles. The Kier molecular flexibility index (Phi) is 4.24. The van der Waals surface area contributed by atoms with E-state index in [1.54, 1.807) is 35.4 Å². The number of benzene rings is 1. The monoisotopic (exact) mass is 306 g/mol. The van der Waals surface area contributed by atoms with Crippen molar-refractivity contribution in [2.75, 3.05) is 18.8 Å². The quantitative estimate of drug-likeness (QED) is 0.924. The summed E-state index contributed by atoms with van der Waals surface area (Å²) < 4.78 is 0. The maximum atomic E-state index is 12.6. The number of pyridine rings is 1. The molecule has 2 N–H and O–H groups in total. The van der Waals surface area contributed by atoms with Gasteiger partial charge in [-0.25, -0.2) is 0 Å². The van der Waals surface area contributed by atoms with Crippen molar-refractivity contribution >= 4 is 11.6 Å². The highest BCUT2D eigenvalue weighted by Gasteiger charge is 2.24. The SMILES string of the molecule is N#CC1CCCN(C(=O)c2ccc(-c3ncccc3N)cc2)C1. The molecule has 1 aromatic heterocycles. The van der Waals surface area contributed by atoms with Gasteiger partial charge in [-0.1, -0.05) is 12.1 Å². The van der Waals surface area contributed by atoms with Gasteiger partial charge in [-0.15, -0.1) is 0 Å². The number of carbonyl (C=O) groups excluding carboxylic acids is 1. The third kappa shape index (κ3) is 3.16. The lowest BCUT2D eigenvalue weighted by Gasteiger charge is -2.29. The molecule has 0 bridgehead atoms. The van der Waals surface area contributed by atoms with E-state index in [-0.39, 0.29) is 11.8 Å². The fourth-order valence-corrected chi connectivity index (χ4v) is 2.88. The van der Waals surface area contributed by atoms with Gasteiger partial charge < -0.3 is 10.6 Å². The average molecular weight is 306 g/mol. The number of nitrogen functional groups attached to an aromatic ring is 1. The Labute approximate surface area is 135 Å². The first-order chi connectivity index (χ1) is 11.2. The minimum atomic E-state index is -0.0553. The molecular weight excluding hydrogens is 288 g/mol. The number of aromatic nitrogens is 1. The number of nitrogens with zero attached hydrogens (tertiary/aromatic N) is 3. The molecule has 23 heavy (non-hydrogen) atoms. The van der Waals surface area contributed by atoms with Crippen molar-refractivity contribution in [3.63, 3.8) is 0 Å². The number of likely N-dealkylation sites (tertiary alicyclic amines) is 1. The summed E-state index contributed by atoms with van der Waals surface area (Å²) >= 11 is 0. The number of nitrogens with two attached hydrogens (primary N) is 1. The van der Waals surface area contributed by atoms with E-state index in [1.807, 2.05) is 12.1 Å². The highest BCUT2D eigenvalue weighted by molar-refractivity contribution is 5.95. The summed E-state index contributed by atoms with van der Waals surface area (Å²) in [5, 5.41) is 9.04. The number of nitriles is 1. The maximum absolute atomic E-state index is 12.6. The highest BCUT2D eigenvalue weighted by atomic mass is 16.2. The fraction of sp³-hybridized carbons (Fsp3) is 0.278. The van der Waals surface area contributed by atoms with E-state index in [9.17, 15) is 4.79 Å². The Morgan fingerprint density at radius 2 is 2.09 bits per heavy atom. The molecule has 116 valence electrons. The minimum Gasteiger partial charge on any atom is -0.397 e. The minimum absolute atomic E-state index is 0.0227. The van der Waals surface area contributed by atoms with Crippen molar-refractivity contribution in [3.8, 4) is 17.3 Å². The molecular formula is C18H18N4O. The van der Waals surface area contributed by atoms with Crippen molar-refractivity contribution < 1.29 is 4.79 Å². The van der Waals surface area contributed by atoms with Crippen LogP contribution in [-0.2, 0) is 0 Å². The molecule has 1 fully saturated rings. The number of hydrogen-bond acceptors (Lipinski definition) is 4. The van der Waals surface area contributed by atoms with Crippen LogP contribution in [-0.4, -0.2) is 28.9 Å². The van der Waals surface area contributed by atoms with Crippen molar-refractivity contribution in [1.29, 1.82) is 5.26 Å². The van der Waals surface area contributed by atoms with E-state index in [4.69, 9.17) is 11.0 Å². The lowest BCUT2D eigenvalue weighted by Crippen LogP contribution is -2.39. The van der Waals surface area contributed by atoms with Gasteiger partial charge in [-0.05, 0) is 37.1 Å². The Morgan fingerprint density at radius 3 is 2.78 bits per heavy atom. The zero-order valence-corrected chi connectivity index (χ0v) is 12.8. The Bertz CT molecular complexity index is 748. The van der Waals surface area contributed by atoms with Gasteiger partial charge in [0.1, 0.15) is 0 Å². The van der Waals surface area contributed by atoms with E-state index in [2.05, 4.69) is 11.1 Å². The average Bonchev–Trinajstić information content (AvgIpc) is 2.62. The van der Waals surface area contributed by atoms with E-state index in [0.717, 1.165) is 18.4 Å². The van der Waals surface area contributed by atoms with Crippen LogP contribution in [0, 0.1) is 17.2 Å². The van der Waals surface area contributed by atoms with Crippen LogP contribution in [0.3, 0.4) is 0 Å². The first-order valence-corrected chi connectivity index (χ1v) is 7.69. The third-order valence-electron chi connectivity index (χ3n) is 4.14. The zero-order chi connectivity index (χ0) is 16.2. The highest BCUT2D eigenvalue weighted by Crippen LogP contribution is 2.24. The second kappa shape index (κ2) is 6.49. The van der Waals surface area contributed by atoms with Crippen molar-refractivity contribution in [3.05, 3.63) is 48.2 Å². The summed E-state index contributed by atoms with van der Waals surface area (Å²) in [7, 11) is 0. The molecule has 1 unspecified atom stereocenters. The van der Waals surface area contributed by atoms with Gasteiger partial charge in [0.2, 0.25) is 0 Å². The topological polar surface area (TPSA) is 83.0 Å². The first-order valence-electron chi connectivity index (χ1n) is 7.69. The normalized spacial score (nSPS) is 17.5. The number of amides is 1. The van der Waals surface area contributed by atoms with E-state index < -0.39 is 0 Å². The van der Waals surface area contributed by atoms with Crippen LogP contribution < -0.4 is 5.73 Å². The molecule has 3 rings (SSSR count). The second-order valence-corrected chi connectivity index (χ2v) is 5.74. The molecule has 1 aliphatic rings. The molecule has 5 nitrogen and oxygen atoms in total. The predicted molar refractivity (Wildman–Crippen MR) is 88.3 cm³/mol. The maximum Gasteiger partial charge on any atom is 0.253 e. The summed E-state index contributed by atoms with van der Waals surface area (Å²) in [4.78, 5) is 18.6. The Hall–Kier alpha value is -2.87. The van der Waals surface area contributed by atoms with Crippen LogP contribution in [0.1, 0.15) is 23.2 Å². The predicted octanol–water partition coefficient (Wildman–Crippen LogP) is 2.71. The van der Waals surface area contributed by atoms with Crippen molar-refractivity contribution in [2.24, 2.45) is 5.92 Å². The second-order valence-electron chi connectivity index (χ2n) is 5.74. The van der Waals surface area contributed by atoms with Crippen LogP contribution in [0.15, 0.2) is 42.6 Å². The van der Waals surface area contributed by atoms with Gasteiger partial charge in [-0.3, -0.25) is 9.78 Å². The molecule has 0 aliphatic carbocycles. The van der Waals surface area contributed by atoms with Crippen LogP contribution >= 0.6 is 0 Å². The van der Waals surface area contributed by atoms with Crippen LogP contribution in [0.5, 0.6) is 0 Å². The Balaban J connectivity index is 1.78. The largest absolute Gasteiger partial charge is 0.397 e. The first kappa shape index (κ1) is 15.0. The summed E-state index contributed by atoms with van der Waals surface area (Å²) in [5.41, 5.74) is 8.77. The molecule has 1 amide bonds. The summed E-state index contributed by atoms with van der Waals surface area (Å²) in [5.74, 6) is -0.0780. The van der Waals surface area contributed by atoms with Crippen molar-refractivity contribution in [1.82, 2.24) is 9.88 Å². The molecule has 1 atom stereocenters. The standard InChI is InChI=1S/C18H18N4O/c19-11-13-3-2-10-22(12-13)18(23)15-7-5-14(6-8-15)17-16(20)4-1-9-21-17/h1,4-9,13H,2-3,10,12,20H2. The lowest BCUT2D eigenvalue weighted by molar-refractivity contribution is 0.0699. The number of hydrogen-bond donors (Lipinski definition) is 1. The molecule has 0 spiro atoms. The summed E-state index contributed by atoms with van der Waals surface area (Å²) in [6.07, 6.45) is 3.45. The summed E-state index contributed by atoms with van der Waals surface area (Å²) in [6.45, 7) is 1.23.